The molecule has 4 nitrogen and oxygen atoms in total. The highest BCUT2D eigenvalue weighted by Gasteiger charge is 2.18. The predicted molar refractivity (Wildman–Crippen MR) is 87.9 cm³/mol. The van der Waals surface area contributed by atoms with E-state index in [1.165, 1.54) is 57.8 Å². The van der Waals surface area contributed by atoms with Crippen LogP contribution in [0.2, 0.25) is 0 Å². The fourth-order valence-corrected chi connectivity index (χ4v) is 2.39. The van der Waals surface area contributed by atoms with Crippen LogP contribution in [0.1, 0.15) is 71.1 Å². The number of aliphatic hydroxyl groups is 2. The van der Waals surface area contributed by atoms with Gasteiger partial charge in [-0.25, -0.2) is 4.84 Å². The number of nitrogens with zero attached hydrogens (tertiary/aromatic N) is 1. The molecule has 1 unspecified atom stereocenters. The third-order valence-electron chi connectivity index (χ3n) is 3.88. The average molecular weight is 304 g/mol. The minimum atomic E-state index is -0.768. The molecule has 2 N–H and O–H groups in total. The van der Waals surface area contributed by atoms with Crippen molar-refractivity contribution in [3.8, 4) is 0 Å². The number of aliphatic hydroxyl groups excluding tert-OH is 2. The highest BCUT2D eigenvalue weighted by Crippen LogP contribution is 2.12. The lowest BCUT2D eigenvalue weighted by atomic mass is 10.1. The van der Waals surface area contributed by atoms with Gasteiger partial charge in [-0.05, 0) is 12.8 Å². The van der Waals surface area contributed by atoms with Gasteiger partial charge in [-0.2, -0.15) is 4.65 Å². The molecule has 0 aliphatic heterocycles. The zero-order chi connectivity index (χ0) is 16.0. The van der Waals surface area contributed by atoms with Gasteiger partial charge in [0.05, 0.1) is 20.7 Å². The maximum Gasteiger partial charge on any atom is 0.134 e. The maximum atomic E-state index is 9.28. The Morgan fingerprint density at radius 1 is 0.857 bits per heavy atom. The summed E-state index contributed by atoms with van der Waals surface area (Å²) >= 11 is 0. The molecule has 0 heterocycles. The van der Waals surface area contributed by atoms with Gasteiger partial charge in [-0.15, -0.1) is 0 Å². The molecule has 0 aromatic carbocycles. The summed E-state index contributed by atoms with van der Waals surface area (Å²) in [6.45, 7) is 3.17. The smallest absolute Gasteiger partial charge is 0.134 e. The number of unbranched alkanes of at least 4 members (excludes halogenated alkanes) is 9. The normalized spacial score (nSPS) is 13.6. The fourth-order valence-electron chi connectivity index (χ4n) is 2.39. The summed E-state index contributed by atoms with van der Waals surface area (Å²) in [6.07, 6.45) is 12.6. The lowest BCUT2D eigenvalue weighted by Crippen LogP contribution is -2.42. The number of hydrogen-bond acceptors (Lipinski definition) is 3. The van der Waals surface area contributed by atoms with Crippen LogP contribution < -0.4 is 0 Å². The quantitative estimate of drug-likeness (QED) is 0.277. The van der Waals surface area contributed by atoms with Crippen LogP contribution in [0.15, 0.2) is 0 Å². The molecule has 0 aromatic heterocycles. The second kappa shape index (κ2) is 13.5. The zero-order valence-corrected chi connectivity index (χ0v) is 14.5. The molecule has 0 fully saturated rings. The molecule has 0 saturated carbocycles. The maximum absolute atomic E-state index is 9.28. The van der Waals surface area contributed by atoms with E-state index in [2.05, 4.69) is 6.92 Å². The number of hydrogen-bond donors (Lipinski definition) is 2. The van der Waals surface area contributed by atoms with Gasteiger partial charge in [-0.3, -0.25) is 0 Å². The Bertz CT molecular complexity index is 222. The first-order valence-corrected chi connectivity index (χ1v) is 8.78. The highest BCUT2D eigenvalue weighted by molar-refractivity contribution is 4.48. The Kier molecular flexibility index (Phi) is 13.4. The summed E-state index contributed by atoms with van der Waals surface area (Å²) < 4.78 is 0.452. The van der Waals surface area contributed by atoms with Gasteiger partial charge in [0.2, 0.25) is 0 Å². The van der Waals surface area contributed by atoms with Crippen LogP contribution >= 0.6 is 0 Å². The SMILES string of the molecule is CCCCCCCCCCCC[N+](C)(C)OCC(O)CO. The Hall–Kier alpha value is -0.160. The van der Waals surface area contributed by atoms with Crippen molar-refractivity contribution in [1.82, 2.24) is 0 Å². The van der Waals surface area contributed by atoms with Gasteiger partial charge < -0.3 is 10.2 Å². The van der Waals surface area contributed by atoms with Crippen molar-refractivity contribution in [3.05, 3.63) is 0 Å². The molecular formula is C17H38NO3+. The third kappa shape index (κ3) is 14.5. The van der Waals surface area contributed by atoms with Crippen molar-refractivity contribution >= 4 is 0 Å². The molecule has 128 valence electrons. The molecule has 0 aliphatic carbocycles. The fraction of sp³-hybridized carbons (Fsp3) is 1.00. The van der Waals surface area contributed by atoms with E-state index in [4.69, 9.17) is 9.94 Å². The van der Waals surface area contributed by atoms with Crippen molar-refractivity contribution in [2.75, 3.05) is 33.9 Å². The molecular weight excluding hydrogens is 266 g/mol. The number of hydroxylamine groups is 3. The summed E-state index contributed by atoms with van der Waals surface area (Å²) in [6, 6.07) is 0. The summed E-state index contributed by atoms with van der Waals surface area (Å²) in [4.78, 5) is 5.59. The van der Waals surface area contributed by atoms with Crippen LogP contribution in [0.3, 0.4) is 0 Å². The molecule has 0 amide bonds. The van der Waals surface area contributed by atoms with E-state index in [0.717, 1.165) is 13.0 Å². The molecule has 0 aromatic rings. The van der Waals surface area contributed by atoms with E-state index in [-0.39, 0.29) is 13.2 Å². The topological polar surface area (TPSA) is 49.7 Å². The molecule has 0 rings (SSSR count). The predicted octanol–water partition coefficient (Wildman–Crippen LogP) is 3.27. The summed E-state index contributed by atoms with van der Waals surface area (Å²) in [5.74, 6) is 0. The average Bonchev–Trinajstić information content (AvgIpc) is 2.46. The van der Waals surface area contributed by atoms with Crippen LogP contribution in [0.25, 0.3) is 0 Å². The second-order valence-electron chi connectivity index (χ2n) is 6.61. The van der Waals surface area contributed by atoms with Crippen LogP contribution in [-0.4, -0.2) is 54.8 Å². The first kappa shape index (κ1) is 20.8. The van der Waals surface area contributed by atoms with Crippen LogP contribution in [-0.2, 0) is 4.84 Å². The molecule has 0 spiro atoms. The lowest BCUT2D eigenvalue weighted by molar-refractivity contribution is -1.08. The van der Waals surface area contributed by atoms with Crippen molar-refractivity contribution < 1.29 is 19.7 Å². The van der Waals surface area contributed by atoms with E-state index >= 15 is 0 Å². The minimum absolute atomic E-state index is 0.196. The van der Waals surface area contributed by atoms with E-state index in [0.29, 0.717) is 4.65 Å². The molecule has 4 heteroatoms. The van der Waals surface area contributed by atoms with Crippen LogP contribution in [0, 0.1) is 0 Å². The number of rotatable bonds is 15. The number of quaternary nitrogens is 1. The van der Waals surface area contributed by atoms with E-state index in [1.54, 1.807) is 0 Å². The third-order valence-corrected chi connectivity index (χ3v) is 3.88. The van der Waals surface area contributed by atoms with Crippen molar-refractivity contribution in [1.29, 1.82) is 0 Å². The van der Waals surface area contributed by atoms with Crippen LogP contribution in [0.4, 0.5) is 0 Å². The summed E-state index contributed by atoms with van der Waals surface area (Å²) in [7, 11) is 4.00. The van der Waals surface area contributed by atoms with Gasteiger partial charge in [0.15, 0.2) is 0 Å². The van der Waals surface area contributed by atoms with Gasteiger partial charge >= 0.3 is 0 Å². The van der Waals surface area contributed by atoms with E-state index in [1.807, 2.05) is 14.1 Å². The largest absolute Gasteiger partial charge is 0.394 e. The molecule has 0 saturated heterocycles. The Morgan fingerprint density at radius 3 is 1.81 bits per heavy atom. The van der Waals surface area contributed by atoms with Gasteiger partial charge in [-0.1, -0.05) is 58.3 Å². The Balaban J connectivity index is 3.36. The van der Waals surface area contributed by atoms with Crippen molar-refractivity contribution in [3.63, 3.8) is 0 Å². The highest BCUT2D eigenvalue weighted by atomic mass is 16.7. The summed E-state index contributed by atoms with van der Waals surface area (Å²) in [5.41, 5.74) is 0. The first-order chi connectivity index (χ1) is 10.0. The lowest BCUT2D eigenvalue weighted by Gasteiger charge is -2.27. The Labute approximate surface area is 131 Å². The van der Waals surface area contributed by atoms with Crippen LogP contribution in [0.5, 0.6) is 0 Å². The first-order valence-electron chi connectivity index (χ1n) is 8.78. The van der Waals surface area contributed by atoms with Gasteiger partial charge in [0.25, 0.3) is 0 Å². The standard InChI is InChI=1S/C17H38NO3/c1-4-5-6-7-8-9-10-11-12-13-14-18(2,3)21-16-17(20)15-19/h17,19-20H,4-16H2,1-3H3/q+1. The van der Waals surface area contributed by atoms with Gasteiger partial charge in [0.1, 0.15) is 19.3 Å². The monoisotopic (exact) mass is 304 g/mol. The van der Waals surface area contributed by atoms with Gasteiger partial charge in [0, 0.05) is 0 Å². The Morgan fingerprint density at radius 2 is 1.33 bits per heavy atom. The van der Waals surface area contributed by atoms with E-state index < -0.39 is 6.10 Å². The molecule has 0 radical (unpaired) electrons. The second-order valence-corrected chi connectivity index (χ2v) is 6.61. The van der Waals surface area contributed by atoms with Crippen molar-refractivity contribution in [2.24, 2.45) is 0 Å². The minimum Gasteiger partial charge on any atom is -0.394 e. The molecule has 0 bridgehead atoms. The summed E-state index contributed by atoms with van der Waals surface area (Å²) in [5, 5.41) is 18.0. The van der Waals surface area contributed by atoms with E-state index in [9.17, 15) is 5.11 Å². The van der Waals surface area contributed by atoms with Crippen molar-refractivity contribution in [2.45, 2.75) is 77.2 Å². The zero-order valence-electron chi connectivity index (χ0n) is 14.5. The molecule has 0 aliphatic rings. The molecule has 1 atom stereocenters. The molecule has 21 heavy (non-hydrogen) atoms.